The summed E-state index contributed by atoms with van der Waals surface area (Å²) in [6.07, 6.45) is 1.62. The third kappa shape index (κ3) is 4.01. The van der Waals surface area contributed by atoms with E-state index in [9.17, 15) is 4.79 Å². The summed E-state index contributed by atoms with van der Waals surface area (Å²) in [5, 5.41) is 6.21. The smallest absolute Gasteiger partial charge is 0.262 e. The van der Waals surface area contributed by atoms with E-state index < -0.39 is 0 Å². The van der Waals surface area contributed by atoms with Crippen molar-refractivity contribution in [3.8, 4) is 5.75 Å². The minimum atomic E-state index is -0.379. The molecule has 0 atom stereocenters. The van der Waals surface area contributed by atoms with Gasteiger partial charge in [0.15, 0.2) is 16.5 Å². The van der Waals surface area contributed by atoms with Gasteiger partial charge in [0.05, 0.1) is 17.8 Å². The first kappa shape index (κ1) is 19.2. The number of para-hydroxylation sites is 1. The van der Waals surface area contributed by atoms with Crippen LogP contribution in [0.2, 0.25) is 5.02 Å². The zero-order valence-corrected chi connectivity index (χ0v) is 17.2. The number of rotatable bonds is 4. The lowest BCUT2D eigenvalue weighted by Gasteiger charge is -2.08. The average Bonchev–Trinajstić information content (AvgIpc) is 3.22. The van der Waals surface area contributed by atoms with Crippen LogP contribution >= 0.6 is 22.9 Å². The molecule has 8 heteroatoms. The van der Waals surface area contributed by atoms with Crippen molar-refractivity contribution in [2.75, 3.05) is 12.4 Å². The molecule has 2 heterocycles. The summed E-state index contributed by atoms with van der Waals surface area (Å²) in [6, 6.07) is 12.6. The van der Waals surface area contributed by atoms with Gasteiger partial charge in [0, 0.05) is 17.0 Å². The predicted octanol–water partition coefficient (Wildman–Crippen LogP) is 5.34. The minimum absolute atomic E-state index is 0.127. The Morgan fingerprint density at radius 2 is 2.14 bits per heavy atom. The molecule has 2 aromatic heterocycles. The number of thiazole rings is 1. The second-order valence-corrected chi connectivity index (χ2v) is 7.50. The molecule has 0 bridgehead atoms. The summed E-state index contributed by atoms with van der Waals surface area (Å²) in [5.74, 6) is 0.163. The van der Waals surface area contributed by atoms with Crippen LogP contribution < -0.4 is 15.6 Å². The molecular weight excluding hydrogens is 410 g/mol. The van der Waals surface area contributed by atoms with Gasteiger partial charge in [-0.15, -0.1) is 11.3 Å². The molecule has 4 aromatic rings. The molecule has 0 fully saturated rings. The average molecular weight is 426 g/mol. The Kier molecular flexibility index (Phi) is 5.33. The Morgan fingerprint density at radius 1 is 1.28 bits per heavy atom. The summed E-state index contributed by atoms with van der Waals surface area (Å²) in [4.78, 5) is 21.6. The van der Waals surface area contributed by atoms with Gasteiger partial charge in [-0.05, 0) is 36.8 Å². The van der Waals surface area contributed by atoms with Crippen LogP contribution in [0.3, 0.4) is 0 Å². The lowest BCUT2D eigenvalue weighted by molar-refractivity contribution is 0.102. The van der Waals surface area contributed by atoms with E-state index in [1.165, 1.54) is 11.3 Å². The maximum atomic E-state index is 12.9. The van der Waals surface area contributed by atoms with Gasteiger partial charge in [-0.1, -0.05) is 29.8 Å². The monoisotopic (exact) mass is 425 g/mol. The van der Waals surface area contributed by atoms with Gasteiger partial charge in [0.1, 0.15) is 5.56 Å². The molecule has 6 nitrogen and oxygen atoms in total. The SMILES string of the molecule is COc1cccc2cc(C(=O)Nc3nccs3)c(=Nc3ccc(C)cc3Cl)oc12. The molecule has 0 radical (unpaired) electrons. The number of carbonyl (C=O) groups excluding carboxylic acids is 1. The van der Waals surface area contributed by atoms with Gasteiger partial charge in [-0.25, -0.2) is 9.98 Å². The summed E-state index contributed by atoms with van der Waals surface area (Å²) >= 11 is 7.66. The highest BCUT2D eigenvalue weighted by atomic mass is 35.5. The number of nitrogens with one attached hydrogen (secondary N) is 1. The largest absolute Gasteiger partial charge is 0.493 e. The number of methoxy groups -OCH3 is 1. The first-order valence-corrected chi connectivity index (χ1v) is 9.93. The van der Waals surface area contributed by atoms with Gasteiger partial charge in [0.2, 0.25) is 5.55 Å². The maximum absolute atomic E-state index is 12.9. The first-order valence-electron chi connectivity index (χ1n) is 8.68. The van der Waals surface area contributed by atoms with Crippen LogP contribution in [0.25, 0.3) is 11.0 Å². The zero-order valence-electron chi connectivity index (χ0n) is 15.6. The Hall–Kier alpha value is -3.16. The highest BCUT2D eigenvalue weighted by molar-refractivity contribution is 7.13. The third-order valence-electron chi connectivity index (χ3n) is 4.18. The van der Waals surface area contributed by atoms with Gasteiger partial charge >= 0.3 is 0 Å². The summed E-state index contributed by atoms with van der Waals surface area (Å²) in [5.41, 5.74) is 2.38. The van der Waals surface area contributed by atoms with Crippen LogP contribution in [0, 0.1) is 6.92 Å². The molecule has 0 saturated carbocycles. The van der Waals surface area contributed by atoms with E-state index in [0.717, 1.165) is 5.56 Å². The van der Waals surface area contributed by atoms with Gasteiger partial charge in [-0.3, -0.25) is 10.1 Å². The van der Waals surface area contributed by atoms with Crippen LogP contribution in [-0.2, 0) is 0 Å². The standard InChI is InChI=1S/C21H16ClN3O3S/c1-12-6-7-16(15(22)10-12)24-20-14(19(26)25-21-23-8-9-29-21)11-13-4-3-5-17(27-2)18(13)28-20/h3-11H,1-2H3,(H,23,25,26). The third-order valence-corrected chi connectivity index (χ3v) is 5.17. The number of carbonyl (C=O) groups is 1. The van der Waals surface area contributed by atoms with E-state index in [1.807, 2.05) is 25.1 Å². The van der Waals surface area contributed by atoms with Crippen LogP contribution in [0.1, 0.15) is 15.9 Å². The molecular formula is C21H16ClN3O3S. The highest BCUT2D eigenvalue weighted by Gasteiger charge is 2.16. The Labute approximate surface area is 175 Å². The number of nitrogens with zero attached hydrogens (tertiary/aromatic N) is 2. The molecule has 146 valence electrons. The molecule has 2 aromatic carbocycles. The molecule has 1 N–H and O–H groups in total. The van der Waals surface area contributed by atoms with E-state index in [0.29, 0.717) is 32.6 Å². The van der Waals surface area contributed by atoms with E-state index >= 15 is 0 Å². The van der Waals surface area contributed by atoms with Crippen molar-refractivity contribution in [3.05, 3.63) is 75.7 Å². The summed E-state index contributed by atoms with van der Waals surface area (Å²) in [7, 11) is 1.56. The molecule has 0 aliphatic carbocycles. The Balaban J connectivity index is 1.93. The molecule has 0 aliphatic rings. The zero-order chi connectivity index (χ0) is 20.4. The highest BCUT2D eigenvalue weighted by Crippen LogP contribution is 2.27. The Bertz CT molecular complexity index is 1270. The quantitative estimate of drug-likeness (QED) is 0.478. The van der Waals surface area contributed by atoms with Crippen molar-refractivity contribution in [2.24, 2.45) is 4.99 Å². The number of aromatic nitrogens is 1. The van der Waals surface area contributed by atoms with Crippen LogP contribution in [0.4, 0.5) is 10.8 Å². The number of hydrogen-bond acceptors (Lipinski definition) is 6. The van der Waals surface area contributed by atoms with E-state index in [1.54, 1.807) is 43.0 Å². The molecule has 29 heavy (non-hydrogen) atoms. The number of anilines is 1. The fourth-order valence-corrected chi connectivity index (χ4v) is 3.59. The lowest BCUT2D eigenvalue weighted by Crippen LogP contribution is -2.21. The molecule has 4 rings (SSSR count). The molecule has 0 aliphatic heterocycles. The van der Waals surface area contributed by atoms with Crippen molar-refractivity contribution in [1.29, 1.82) is 0 Å². The fourth-order valence-electron chi connectivity index (χ4n) is 2.79. The Morgan fingerprint density at radius 3 is 2.86 bits per heavy atom. The number of amides is 1. The molecule has 0 saturated heterocycles. The van der Waals surface area contributed by atoms with Crippen LogP contribution in [-0.4, -0.2) is 18.0 Å². The number of fused-ring (bicyclic) bond motifs is 1. The second-order valence-electron chi connectivity index (χ2n) is 6.20. The maximum Gasteiger partial charge on any atom is 0.262 e. The topological polar surface area (TPSA) is 76.7 Å². The number of hydrogen-bond donors (Lipinski definition) is 1. The summed E-state index contributed by atoms with van der Waals surface area (Å²) < 4.78 is 11.4. The normalized spacial score (nSPS) is 11.6. The number of benzene rings is 2. The second kappa shape index (κ2) is 8.06. The van der Waals surface area contributed by atoms with Gasteiger partial charge in [0.25, 0.3) is 5.91 Å². The number of ether oxygens (including phenoxy) is 1. The van der Waals surface area contributed by atoms with Crippen LogP contribution in [0.5, 0.6) is 5.75 Å². The minimum Gasteiger partial charge on any atom is -0.493 e. The fraction of sp³-hybridized carbons (Fsp3) is 0.0952. The van der Waals surface area contributed by atoms with E-state index in [4.69, 9.17) is 20.8 Å². The number of aryl methyl sites for hydroxylation is 1. The predicted molar refractivity (Wildman–Crippen MR) is 114 cm³/mol. The van der Waals surface area contributed by atoms with E-state index in [2.05, 4.69) is 15.3 Å². The summed E-state index contributed by atoms with van der Waals surface area (Å²) in [6.45, 7) is 1.94. The van der Waals surface area contributed by atoms with Crippen molar-refractivity contribution in [1.82, 2.24) is 4.98 Å². The molecule has 0 unspecified atom stereocenters. The van der Waals surface area contributed by atoms with Crippen molar-refractivity contribution >= 4 is 50.6 Å². The van der Waals surface area contributed by atoms with Gasteiger partial charge < -0.3 is 9.15 Å². The van der Waals surface area contributed by atoms with Crippen molar-refractivity contribution < 1.29 is 13.9 Å². The lowest BCUT2D eigenvalue weighted by atomic mass is 10.1. The van der Waals surface area contributed by atoms with Crippen molar-refractivity contribution in [2.45, 2.75) is 6.92 Å². The molecule has 1 amide bonds. The molecule has 0 spiro atoms. The van der Waals surface area contributed by atoms with Crippen molar-refractivity contribution in [3.63, 3.8) is 0 Å². The van der Waals surface area contributed by atoms with Crippen LogP contribution in [0.15, 0.2) is 63.5 Å². The van der Waals surface area contributed by atoms with Gasteiger partial charge in [-0.2, -0.15) is 0 Å². The first-order chi connectivity index (χ1) is 14.0. The number of halogens is 1. The van der Waals surface area contributed by atoms with E-state index in [-0.39, 0.29) is 17.0 Å².